The van der Waals surface area contributed by atoms with Gasteiger partial charge in [-0.3, -0.25) is 0 Å². The number of aromatic hydroxyl groups is 1. The molecule has 0 bridgehead atoms. The molecule has 3 aromatic carbocycles. The number of carbonyl (C=O) groups is 1. The molecule has 0 spiro atoms. The van der Waals surface area contributed by atoms with Crippen molar-refractivity contribution >= 4 is 33.5 Å². The molecule has 4 aromatic rings. The number of aliphatic carboxylic acids is 1. The Hall–Kier alpha value is -3.57. The maximum atomic E-state index is 10.8. The van der Waals surface area contributed by atoms with Crippen molar-refractivity contribution in [2.24, 2.45) is 0 Å². The third-order valence-corrected chi connectivity index (χ3v) is 7.31. The van der Waals surface area contributed by atoms with Gasteiger partial charge in [0.15, 0.2) is 5.75 Å². The third kappa shape index (κ3) is 4.50. The molecule has 1 aliphatic carbocycles. The average molecular weight is 457 g/mol. The van der Waals surface area contributed by atoms with E-state index in [9.17, 15) is 9.90 Å². The second kappa shape index (κ2) is 9.12. The number of carboxylic acids is 1. The number of hydrogen-bond donors (Lipinski definition) is 2. The zero-order chi connectivity index (χ0) is 22.8. The molecule has 166 valence electrons. The first-order valence-electron chi connectivity index (χ1n) is 11.1. The molecule has 0 atom stereocenters. The Balaban J connectivity index is 1.58. The second-order valence-electron chi connectivity index (χ2n) is 8.35. The normalized spacial score (nSPS) is 14.3. The van der Waals surface area contributed by atoms with Gasteiger partial charge in [-0.1, -0.05) is 49.2 Å². The molecule has 33 heavy (non-hydrogen) atoms. The number of rotatable bonds is 6. The van der Waals surface area contributed by atoms with Crippen molar-refractivity contribution in [3.63, 3.8) is 0 Å². The van der Waals surface area contributed by atoms with Crippen LogP contribution in [0.2, 0.25) is 0 Å². The van der Waals surface area contributed by atoms with Gasteiger partial charge in [0.05, 0.1) is 4.88 Å². The molecule has 2 N–H and O–H groups in total. The smallest absolute Gasteiger partial charge is 0.328 e. The van der Waals surface area contributed by atoms with E-state index < -0.39 is 5.97 Å². The number of thiophene rings is 1. The highest BCUT2D eigenvalue weighted by Gasteiger charge is 2.24. The predicted octanol–water partition coefficient (Wildman–Crippen LogP) is 7.82. The Labute approximate surface area is 196 Å². The van der Waals surface area contributed by atoms with E-state index in [4.69, 9.17) is 9.84 Å². The number of benzene rings is 3. The lowest BCUT2D eigenvalue weighted by atomic mass is 9.92. The van der Waals surface area contributed by atoms with Crippen LogP contribution in [0.3, 0.4) is 0 Å². The maximum Gasteiger partial charge on any atom is 0.328 e. The van der Waals surface area contributed by atoms with Gasteiger partial charge < -0.3 is 14.9 Å². The van der Waals surface area contributed by atoms with Crippen LogP contribution in [0, 0.1) is 0 Å². The van der Waals surface area contributed by atoms with E-state index in [1.807, 2.05) is 30.3 Å². The number of carboxylic acid groups (broad SMARTS) is 1. The molecule has 0 radical (unpaired) electrons. The fourth-order valence-corrected chi connectivity index (χ4v) is 5.78. The van der Waals surface area contributed by atoms with Crippen LogP contribution in [0.25, 0.3) is 26.6 Å². The van der Waals surface area contributed by atoms with Crippen molar-refractivity contribution in [1.82, 2.24) is 0 Å². The van der Waals surface area contributed by atoms with E-state index in [2.05, 4.69) is 24.3 Å². The fraction of sp³-hybridized carbons (Fsp3) is 0.179. The summed E-state index contributed by atoms with van der Waals surface area (Å²) in [6, 6.07) is 21.3. The number of fused-ring (bicyclic) bond motifs is 1. The molecule has 1 aromatic heterocycles. The third-order valence-electron chi connectivity index (χ3n) is 6.15. The highest BCUT2D eigenvalue weighted by molar-refractivity contribution is 7.22. The first-order chi connectivity index (χ1) is 16.1. The molecule has 5 heteroatoms. The molecule has 1 heterocycles. The van der Waals surface area contributed by atoms with Crippen LogP contribution in [0.5, 0.6) is 17.2 Å². The summed E-state index contributed by atoms with van der Waals surface area (Å²) < 4.78 is 7.42. The van der Waals surface area contributed by atoms with Gasteiger partial charge in [0.2, 0.25) is 0 Å². The zero-order valence-corrected chi connectivity index (χ0v) is 18.8. The predicted molar refractivity (Wildman–Crippen MR) is 133 cm³/mol. The van der Waals surface area contributed by atoms with Crippen molar-refractivity contribution in [2.75, 3.05) is 0 Å². The summed E-state index contributed by atoms with van der Waals surface area (Å²) in [5.41, 5.74) is 3.35. The van der Waals surface area contributed by atoms with E-state index in [0.29, 0.717) is 11.7 Å². The van der Waals surface area contributed by atoms with E-state index >= 15 is 0 Å². The Kier molecular flexibility index (Phi) is 5.88. The van der Waals surface area contributed by atoms with Crippen LogP contribution in [0.15, 0.2) is 72.8 Å². The minimum absolute atomic E-state index is 0.237. The van der Waals surface area contributed by atoms with Crippen LogP contribution in [0.4, 0.5) is 0 Å². The fourth-order valence-electron chi connectivity index (χ4n) is 4.57. The second-order valence-corrected chi connectivity index (χ2v) is 9.40. The number of phenols is 1. The molecule has 0 amide bonds. The maximum absolute atomic E-state index is 10.8. The summed E-state index contributed by atoms with van der Waals surface area (Å²) in [4.78, 5) is 11.8. The molecule has 0 saturated heterocycles. The van der Waals surface area contributed by atoms with E-state index in [-0.39, 0.29) is 5.75 Å². The highest BCUT2D eigenvalue weighted by atomic mass is 32.1. The summed E-state index contributed by atoms with van der Waals surface area (Å²) in [7, 11) is 0. The molecule has 4 nitrogen and oxygen atoms in total. The number of hydrogen-bond acceptors (Lipinski definition) is 4. The van der Waals surface area contributed by atoms with Gasteiger partial charge in [-0.15, -0.1) is 11.3 Å². The largest absolute Gasteiger partial charge is 0.508 e. The standard InChI is InChI=1S/C28H24O4S/c29-20-12-15-24-25(17-20)33-28(23-8-4-3-7-22(23)19-5-1-2-6-19)27(24)32-21-13-9-18(10-14-21)11-16-26(30)31/h3-4,7-17,19,29H,1-2,5-6H2,(H,30,31)/b16-11+. The molecule has 1 fully saturated rings. The van der Waals surface area contributed by atoms with Crippen LogP contribution in [-0.2, 0) is 4.79 Å². The Morgan fingerprint density at radius 2 is 1.76 bits per heavy atom. The van der Waals surface area contributed by atoms with Crippen LogP contribution >= 0.6 is 11.3 Å². The van der Waals surface area contributed by atoms with Crippen LogP contribution in [0.1, 0.15) is 42.7 Å². The summed E-state index contributed by atoms with van der Waals surface area (Å²) in [5.74, 6) is 1.28. The van der Waals surface area contributed by atoms with Crippen molar-refractivity contribution < 1.29 is 19.7 Å². The Bertz CT molecular complexity index is 1330. The van der Waals surface area contributed by atoms with Crippen molar-refractivity contribution in [1.29, 1.82) is 0 Å². The molecule has 5 rings (SSSR count). The first-order valence-corrected chi connectivity index (χ1v) is 11.9. The minimum Gasteiger partial charge on any atom is -0.508 e. The number of ether oxygens (including phenoxy) is 1. The molecule has 1 aliphatic rings. The van der Waals surface area contributed by atoms with Gasteiger partial charge in [-0.05, 0) is 71.9 Å². The van der Waals surface area contributed by atoms with Crippen molar-refractivity contribution in [3.8, 4) is 27.7 Å². The van der Waals surface area contributed by atoms with Gasteiger partial charge >= 0.3 is 5.97 Å². The summed E-state index contributed by atoms with van der Waals surface area (Å²) in [6.45, 7) is 0. The Morgan fingerprint density at radius 1 is 1.00 bits per heavy atom. The van der Waals surface area contributed by atoms with Crippen molar-refractivity contribution in [2.45, 2.75) is 31.6 Å². The van der Waals surface area contributed by atoms with Gasteiger partial charge in [0, 0.05) is 16.2 Å². The quantitative estimate of drug-likeness (QED) is 0.290. The van der Waals surface area contributed by atoms with E-state index in [1.54, 1.807) is 29.5 Å². The molecular weight excluding hydrogens is 432 g/mol. The summed E-state index contributed by atoms with van der Waals surface area (Å²) >= 11 is 1.64. The summed E-state index contributed by atoms with van der Waals surface area (Å²) in [6.07, 6.45) is 7.63. The monoisotopic (exact) mass is 456 g/mol. The minimum atomic E-state index is -0.978. The van der Waals surface area contributed by atoms with Crippen molar-refractivity contribution in [3.05, 3.63) is 83.9 Å². The topological polar surface area (TPSA) is 66.8 Å². The Morgan fingerprint density at radius 3 is 2.52 bits per heavy atom. The molecule has 0 aliphatic heterocycles. The lowest BCUT2D eigenvalue weighted by Gasteiger charge is -2.16. The van der Waals surface area contributed by atoms with Gasteiger partial charge in [0.1, 0.15) is 11.5 Å². The summed E-state index contributed by atoms with van der Waals surface area (Å²) in [5, 5.41) is 19.8. The average Bonchev–Trinajstić information content (AvgIpc) is 3.47. The molecular formula is C28H24O4S. The van der Waals surface area contributed by atoms with Gasteiger partial charge in [-0.25, -0.2) is 4.79 Å². The van der Waals surface area contributed by atoms with Crippen LogP contribution < -0.4 is 4.74 Å². The lowest BCUT2D eigenvalue weighted by Crippen LogP contribution is -1.95. The first kappa shape index (κ1) is 21.3. The highest BCUT2D eigenvalue weighted by Crippen LogP contribution is 2.50. The van der Waals surface area contributed by atoms with Gasteiger partial charge in [-0.2, -0.15) is 0 Å². The number of phenolic OH excluding ortho intramolecular Hbond substituents is 1. The van der Waals surface area contributed by atoms with Gasteiger partial charge in [0.25, 0.3) is 0 Å². The zero-order valence-electron chi connectivity index (χ0n) is 18.0. The van der Waals surface area contributed by atoms with Crippen LogP contribution in [-0.4, -0.2) is 16.2 Å². The molecule has 1 saturated carbocycles. The SMILES string of the molecule is O=C(O)/C=C/c1ccc(Oc2c(-c3ccccc3C3CCCC3)sc3cc(O)ccc23)cc1. The van der Waals surface area contributed by atoms with E-state index in [0.717, 1.165) is 32.4 Å². The lowest BCUT2D eigenvalue weighted by molar-refractivity contribution is -0.131. The molecule has 0 unspecified atom stereocenters. The van der Waals surface area contributed by atoms with E-state index in [1.165, 1.54) is 36.8 Å².